The number of hydrogen-bond acceptors (Lipinski definition) is 0. The highest BCUT2D eigenvalue weighted by atomic mass is 14.0. The van der Waals surface area contributed by atoms with Gasteiger partial charge in [0.25, 0.3) is 0 Å². The summed E-state index contributed by atoms with van der Waals surface area (Å²) in [5.41, 5.74) is 0. The lowest BCUT2D eigenvalue weighted by Crippen LogP contribution is -1.75. The Balaban J connectivity index is 0.000000103. The van der Waals surface area contributed by atoms with E-state index >= 15 is 0 Å². The van der Waals surface area contributed by atoms with Gasteiger partial charge >= 0.3 is 0 Å². The van der Waals surface area contributed by atoms with E-state index in [1.807, 2.05) is 0 Å². The number of rotatable bonds is 0. The molecule has 42 heavy (non-hydrogen) atoms. The smallest absolute Gasteiger partial charge is 0.0105 e. The minimum Gasteiger partial charge on any atom is -0.0616 e. The Morgan fingerprint density at radius 2 is 0.357 bits per heavy atom. The molecule has 0 saturated heterocycles. The fourth-order valence-electron chi connectivity index (χ4n) is 5.72. The Hall–Kier alpha value is -5.46. The van der Waals surface area contributed by atoms with E-state index in [-0.39, 0.29) is 0 Å². The molecule has 0 aliphatic heterocycles. The summed E-state index contributed by atoms with van der Waals surface area (Å²) in [6, 6.07) is 64.2. The fraction of sp³-hybridized carbons (Fsp3) is 0. The fourth-order valence-corrected chi connectivity index (χ4v) is 5.72. The van der Waals surface area contributed by atoms with Crippen molar-refractivity contribution in [3.63, 3.8) is 0 Å². The molecule has 0 fully saturated rings. The summed E-state index contributed by atoms with van der Waals surface area (Å²) in [6.07, 6.45) is 0. The second kappa shape index (κ2) is 11.6. The van der Waals surface area contributed by atoms with Crippen LogP contribution in [0.15, 0.2) is 182 Å². The highest BCUT2D eigenvalue weighted by Gasteiger charge is 1.98. The molecule has 0 aliphatic rings. The van der Waals surface area contributed by atoms with Crippen LogP contribution in [0.3, 0.4) is 0 Å². The number of hydrogen-bond donors (Lipinski definition) is 0. The van der Waals surface area contributed by atoms with Crippen LogP contribution < -0.4 is 0 Å². The zero-order chi connectivity index (χ0) is 28.1. The maximum absolute atomic E-state index is 2.24. The summed E-state index contributed by atoms with van der Waals surface area (Å²) in [5.74, 6) is 0. The average molecular weight is 535 g/mol. The standard InChI is InChI=1S/3C14H10/c1-3-7-13-11(5-1)9-10-12-6-2-4-8-14(12)13;2*1-2-6-12-10-14-8-4-3-7-13(14)9-11(12)5-1/h3*1-10H. The lowest BCUT2D eigenvalue weighted by atomic mass is 10.0. The molecule has 0 radical (unpaired) electrons. The van der Waals surface area contributed by atoms with Crippen molar-refractivity contribution in [1.82, 2.24) is 0 Å². The highest BCUT2D eigenvalue weighted by Crippen LogP contribution is 2.25. The largest absolute Gasteiger partial charge is 0.0616 e. The monoisotopic (exact) mass is 534 g/mol. The number of fused-ring (bicyclic) bond motifs is 7. The Labute approximate surface area is 246 Å². The van der Waals surface area contributed by atoms with Crippen LogP contribution in [0.1, 0.15) is 0 Å². The first-order valence-electron chi connectivity index (χ1n) is 14.4. The average Bonchev–Trinajstić information content (AvgIpc) is 3.07. The van der Waals surface area contributed by atoms with Gasteiger partial charge in [0.1, 0.15) is 0 Å². The van der Waals surface area contributed by atoms with Crippen molar-refractivity contribution in [2.45, 2.75) is 0 Å². The molecule has 0 atom stereocenters. The molecule has 0 aromatic heterocycles. The van der Waals surface area contributed by atoms with Gasteiger partial charge in [0, 0.05) is 0 Å². The predicted octanol–water partition coefficient (Wildman–Crippen LogP) is 12.0. The Bertz CT molecular complexity index is 1910. The van der Waals surface area contributed by atoms with E-state index in [4.69, 9.17) is 0 Å². The Kier molecular flexibility index (Phi) is 7.02. The minimum absolute atomic E-state index is 1.31. The molecule has 0 spiro atoms. The quantitative estimate of drug-likeness (QED) is 0.134. The SMILES string of the molecule is c1ccc2c(c1)ccc1ccccc12.c1ccc2cc3ccccc3cc2c1.c1ccc2cc3ccccc3cc2c1. The first-order chi connectivity index (χ1) is 20.8. The third kappa shape index (κ3) is 5.31. The molecule has 0 aliphatic carbocycles. The molecule has 0 N–H and O–H groups in total. The van der Waals surface area contributed by atoms with Crippen LogP contribution in [0, 0.1) is 0 Å². The third-order valence-electron chi connectivity index (χ3n) is 7.88. The number of benzene rings is 9. The van der Waals surface area contributed by atoms with Gasteiger partial charge in [-0.2, -0.15) is 0 Å². The van der Waals surface area contributed by atoms with Crippen molar-refractivity contribution in [3.8, 4) is 0 Å². The zero-order valence-electron chi connectivity index (χ0n) is 23.3. The van der Waals surface area contributed by atoms with E-state index in [0.717, 1.165) is 0 Å². The van der Waals surface area contributed by atoms with Crippen LogP contribution >= 0.6 is 0 Å². The molecule has 9 aromatic rings. The van der Waals surface area contributed by atoms with E-state index in [1.165, 1.54) is 64.6 Å². The Morgan fingerprint density at radius 1 is 0.167 bits per heavy atom. The summed E-state index contributed by atoms with van der Waals surface area (Å²) in [4.78, 5) is 0. The summed E-state index contributed by atoms with van der Waals surface area (Å²) in [6.45, 7) is 0. The van der Waals surface area contributed by atoms with Crippen molar-refractivity contribution in [2.24, 2.45) is 0 Å². The highest BCUT2D eigenvalue weighted by molar-refractivity contribution is 6.07. The molecule has 198 valence electrons. The maximum atomic E-state index is 2.24. The van der Waals surface area contributed by atoms with E-state index in [9.17, 15) is 0 Å². The molecule has 0 unspecified atom stereocenters. The van der Waals surface area contributed by atoms with Gasteiger partial charge in [-0.15, -0.1) is 0 Å². The van der Waals surface area contributed by atoms with Gasteiger partial charge in [0.15, 0.2) is 0 Å². The van der Waals surface area contributed by atoms with Gasteiger partial charge in [-0.1, -0.05) is 158 Å². The first-order valence-corrected chi connectivity index (χ1v) is 14.4. The molecule has 9 rings (SSSR count). The summed E-state index contributed by atoms with van der Waals surface area (Å²) >= 11 is 0. The van der Waals surface area contributed by atoms with Crippen LogP contribution in [-0.2, 0) is 0 Å². The first kappa shape index (κ1) is 25.5. The lowest BCUT2D eigenvalue weighted by molar-refractivity contribution is 1.76. The van der Waals surface area contributed by atoms with E-state index in [0.29, 0.717) is 0 Å². The summed E-state index contributed by atoms with van der Waals surface area (Å²) in [7, 11) is 0. The Morgan fingerprint density at radius 3 is 0.595 bits per heavy atom. The van der Waals surface area contributed by atoms with Crippen molar-refractivity contribution in [2.75, 3.05) is 0 Å². The molecular formula is C42H30. The van der Waals surface area contributed by atoms with Crippen LogP contribution in [-0.4, -0.2) is 0 Å². The van der Waals surface area contributed by atoms with Crippen molar-refractivity contribution < 1.29 is 0 Å². The zero-order valence-corrected chi connectivity index (χ0v) is 23.3. The molecule has 0 saturated carbocycles. The van der Waals surface area contributed by atoms with Crippen LogP contribution in [0.25, 0.3) is 64.6 Å². The summed E-state index contributed by atoms with van der Waals surface area (Å²) < 4.78 is 0. The van der Waals surface area contributed by atoms with Gasteiger partial charge in [-0.05, 0) is 88.9 Å². The third-order valence-corrected chi connectivity index (χ3v) is 7.88. The normalized spacial score (nSPS) is 10.9. The van der Waals surface area contributed by atoms with E-state index < -0.39 is 0 Å². The van der Waals surface area contributed by atoms with Crippen LogP contribution in [0.5, 0.6) is 0 Å². The molecule has 0 nitrogen and oxygen atoms in total. The minimum atomic E-state index is 1.31. The molecule has 0 amide bonds. The second-order valence-corrected chi connectivity index (χ2v) is 10.6. The van der Waals surface area contributed by atoms with Gasteiger partial charge < -0.3 is 0 Å². The van der Waals surface area contributed by atoms with Gasteiger partial charge in [0.05, 0.1) is 0 Å². The van der Waals surface area contributed by atoms with Gasteiger partial charge in [0.2, 0.25) is 0 Å². The molecule has 0 bridgehead atoms. The topological polar surface area (TPSA) is 0 Å². The van der Waals surface area contributed by atoms with E-state index in [1.54, 1.807) is 0 Å². The summed E-state index contributed by atoms with van der Waals surface area (Å²) in [5, 5.41) is 15.8. The van der Waals surface area contributed by atoms with Gasteiger partial charge in [-0.3, -0.25) is 0 Å². The molecular weight excluding hydrogens is 504 g/mol. The maximum Gasteiger partial charge on any atom is -0.0105 e. The van der Waals surface area contributed by atoms with Crippen molar-refractivity contribution in [1.29, 1.82) is 0 Å². The van der Waals surface area contributed by atoms with Gasteiger partial charge in [-0.25, -0.2) is 0 Å². The second-order valence-electron chi connectivity index (χ2n) is 10.6. The van der Waals surface area contributed by atoms with E-state index in [2.05, 4.69) is 182 Å². The van der Waals surface area contributed by atoms with Crippen molar-refractivity contribution >= 4 is 64.6 Å². The molecule has 0 heteroatoms. The molecule has 9 aromatic carbocycles. The van der Waals surface area contributed by atoms with Crippen LogP contribution in [0.4, 0.5) is 0 Å². The predicted molar refractivity (Wildman–Crippen MR) is 184 cm³/mol. The lowest BCUT2D eigenvalue weighted by Gasteiger charge is -2.02. The van der Waals surface area contributed by atoms with Crippen LogP contribution in [0.2, 0.25) is 0 Å². The van der Waals surface area contributed by atoms with Crippen molar-refractivity contribution in [3.05, 3.63) is 182 Å². The molecule has 0 heterocycles.